The fourth-order valence-corrected chi connectivity index (χ4v) is 0.984. The molecule has 6 heteroatoms. The Balaban J connectivity index is 0.000000487. The highest BCUT2D eigenvalue weighted by molar-refractivity contribution is 6.68. The van der Waals surface area contributed by atoms with Gasteiger partial charge in [-0.25, -0.2) is 0 Å². The Hall–Kier alpha value is -0.940. The van der Waals surface area contributed by atoms with Gasteiger partial charge < -0.3 is 10.2 Å². The lowest BCUT2D eigenvalue weighted by Crippen LogP contribution is -1.92. The molecule has 0 saturated carbocycles. The van der Waals surface area contributed by atoms with E-state index in [-0.39, 0.29) is 13.2 Å². The van der Waals surface area contributed by atoms with Crippen molar-refractivity contribution in [3.05, 3.63) is 35.4 Å². The monoisotopic (exact) mass is 264 g/mol. The lowest BCUT2D eigenvalue weighted by atomic mass is 10.2. The molecule has 0 bridgehead atoms. The zero-order chi connectivity index (χ0) is 12.6. The van der Waals surface area contributed by atoms with Crippen LogP contribution in [0.2, 0.25) is 0 Å². The van der Waals surface area contributed by atoms with Crippen molar-refractivity contribution < 1.29 is 19.8 Å². The molecular weight excluding hydrogens is 255 g/mol. The first-order valence-electron chi connectivity index (χ1n) is 4.24. The average molecular weight is 265 g/mol. The summed E-state index contributed by atoms with van der Waals surface area (Å²) in [6.07, 6.45) is 0. The molecule has 1 rings (SSSR count). The second-order valence-corrected chi connectivity index (χ2v) is 3.26. The predicted octanol–water partition coefficient (Wildman–Crippen LogP) is 1.42. The van der Waals surface area contributed by atoms with Crippen molar-refractivity contribution in [3.8, 4) is 0 Å². The van der Waals surface area contributed by atoms with Crippen molar-refractivity contribution >= 4 is 33.7 Å². The van der Waals surface area contributed by atoms with Crippen LogP contribution in [0.15, 0.2) is 24.3 Å². The minimum atomic E-state index is -0.552. The first-order chi connectivity index (χ1) is 7.52. The molecule has 4 nitrogen and oxygen atoms in total. The molecule has 0 atom stereocenters. The van der Waals surface area contributed by atoms with Crippen LogP contribution >= 0.6 is 23.2 Å². The normalized spacial score (nSPS) is 9.00. The molecule has 0 aromatic heterocycles. The Labute approximate surface area is 102 Å². The summed E-state index contributed by atoms with van der Waals surface area (Å²) in [5, 5.41) is 14.1. The predicted molar refractivity (Wildman–Crippen MR) is 61.0 cm³/mol. The van der Waals surface area contributed by atoms with Gasteiger partial charge in [0.15, 0.2) is 0 Å². The molecule has 1 aromatic rings. The SMILES string of the molecule is O=C(Cl)c1ccc(C(=O)Cl)cc1.OCCO. The Morgan fingerprint density at radius 3 is 1.25 bits per heavy atom. The maximum atomic E-state index is 10.6. The summed E-state index contributed by atoms with van der Waals surface area (Å²) >= 11 is 10.4. The number of aliphatic hydroxyl groups excluding tert-OH is 2. The summed E-state index contributed by atoms with van der Waals surface area (Å²) in [6, 6.07) is 5.80. The van der Waals surface area contributed by atoms with Crippen LogP contribution < -0.4 is 0 Å². The minimum absolute atomic E-state index is 0.125. The Bertz CT molecular complexity index is 313. The molecule has 0 amide bonds. The highest BCUT2D eigenvalue weighted by Crippen LogP contribution is 2.08. The molecule has 0 aliphatic heterocycles. The molecular formula is C10H10Cl2O4. The van der Waals surface area contributed by atoms with Crippen LogP contribution in [-0.2, 0) is 0 Å². The van der Waals surface area contributed by atoms with Gasteiger partial charge in [0.05, 0.1) is 13.2 Å². The highest BCUT2D eigenvalue weighted by Gasteiger charge is 2.03. The second kappa shape index (κ2) is 8.24. The maximum Gasteiger partial charge on any atom is 0.252 e. The third-order valence-corrected chi connectivity index (χ3v) is 1.88. The summed E-state index contributed by atoms with van der Waals surface area (Å²) < 4.78 is 0. The van der Waals surface area contributed by atoms with Crippen LogP contribution in [0.3, 0.4) is 0 Å². The highest BCUT2D eigenvalue weighted by atomic mass is 35.5. The summed E-state index contributed by atoms with van der Waals surface area (Å²) in [5.74, 6) is 0. The Morgan fingerprint density at radius 2 is 1.12 bits per heavy atom. The first kappa shape index (κ1) is 15.1. The largest absolute Gasteiger partial charge is 0.394 e. The van der Waals surface area contributed by atoms with Gasteiger partial charge in [0, 0.05) is 11.1 Å². The molecule has 1 aromatic carbocycles. The zero-order valence-corrected chi connectivity index (χ0v) is 9.70. The van der Waals surface area contributed by atoms with E-state index >= 15 is 0 Å². The lowest BCUT2D eigenvalue weighted by molar-refractivity contribution is 0.107. The summed E-state index contributed by atoms with van der Waals surface area (Å²) in [6.45, 7) is -0.250. The number of carbonyl (C=O) groups excluding carboxylic acids is 2. The molecule has 0 unspecified atom stereocenters. The standard InChI is InChI=1S/C8H4Cl2O2.C2H6O2/c9-7(11)5-1-2-6(4-3-5)8(10)12;3-1-2-4/h1-4H;3-4H,1-2H2. The van der Waals surface area contributed by atoms with Gasteiger partial charge in [-0.1, -0.05) is 0 Å². The van der Waals surface area contributed by atoms with Crippen molar-refractivity contribution in [3.63, 3.8) is 0 Å². The van der Waals surface area contributed by atoms with E-state index < -0.39 is 10.5 Å². The van der Waals surface area contributed by atoms with E-state index in [0.29, 0.717) is 11.1 Å². The van der Waals surface area contributed by atoms with Gasteiger partial charge >= 0.3 is 0 Å². The molecule has 0 fully saturated rings. The summed E-state index contributed by atoms with van der Waals surface area (Å²) in [7, 11) is 0. The van der Waals surface area contributed by atoms with E-state index in [1.54, 1.807) is 0 Å². The van der Waals surface area contributed by atoms with E-state index in [9.17, 15) is 9.59 Å². The van der Waals surface area contributed by atoms with Crippen LogP contribution in [0.4, 0.5) is 0 Å². The van der Waals surface area contributed by atoms with Crippen LogP contribution in [0.25, 0.3) is 0 Å². The fraction of sp³-hybridized carbons (Fsp3) is 0.200. The van der Waals surface area contributed by atoms with Gasteiger partial charge in [-0.15, -0.1) is 0 Å². The molecule has 0 heterocycles. The maximum absolute atomic E-state index is 10.6. The van der Waals surface area contributed by atoms with Gasteiger partial charge in [0.25, 0.3) is 10.5 Å². The van der Waals surface area contributed by atoms with Crippen LogP contribution in [0.1, 0.15) is 20.7 Å². The molecule has 16 heavy (non-hydrogen) atoms. The number of hydrogen-bond acceptors (Lipinski definition) is 4. The molecule has 0 radical (unpaired) electrons. The lowest BCUT2D eigenvalue weighted by Gasteiger charge is -1.94. The van der Waals surface area contributed by atoms with Crippen molar-refractivity contribution in [2.24, 2.45) is 0 Å². The third-order valence-electron chi connectivity index (χ3n) is 1.44. The number of hydrogen-bond donors (Lipinski definition) is 2. The Kier molecular flexibility index (Phi) is 7.76. The van der Waals surface area contributed by atoms with Gasteiger partial charge in [-0.05, 0) is 47.5 Å². The average Bonchev–Trinajstić information content (AvgIpc) is 2.29. The van der Waals surface area contributed by atoms with Crippen molar-refractivity contribution in [2.45, 2.75) is 0 Å². The molecule has 0 saturated heterocycles. The van der Waals surface area contributed by atoms with Crippen molar-refractivity contribution in [1.29, 1.82) is 0 Å². The number of rotatable bonds is 3. The van der Waals surface area contributed by atoms with Gasteiger partial charge in [-0.3, -0.25) is 9.59 Å². The molecule has 88 valence electrons. The zero-order valence-electron chi connectivity index (χ0n) is 8.19. The molecule has 0 aliphatic rings. The number of benzene rings is 1. The smallest absolute Gasteiger partial charge is 0.252 e. The van der Waals surface area contributed by atoms with E-state index in [1.165, 1.54) is 24.3 Å². The topological polar surface area (TPSA) is 74.6 Å². The van der Waals surface area contributed by atoms with E-state index in [2.05, 4.69) is 0 Å². The number of halogens is 2. The number of carbonyl (C=O) groups is 2. The molecule has 0 spiro atoms. The van der Waals surface area contributed by atoms with Crippen molar-refractivity contribution in [2.75, 3.05) is 13.2 Å². The van der Waals surface area contributed by atoms with Crippen LogP contribution in [0, 0.1) is 0 Å². The molecule has 0 aliphatic carbocycles. The summed E-state index contributed by atoms with van der Waals surface area (Å²) in [5.41, 5.74) is 0.691. The van der Waals surface area contributed by atoms with Gasteiger partial charge in [-0.2, -0.15) is 0 Å². The van der Waals surface area contributed by atoms with Gasteiger partial charge in [0.2, 0.25) is 0 Å². The second-order valence-electron chi connectivity index (χ2n) is 2.57. The van der Waals surface area contributed by atoms with E-state index in [1.807, 2.05) is 0 Å². The molecule has 2 N–H and O–H groups in total. The first-order valence-corrected chi connectivity index (χ1v) is 5.00. The summed E-state index contributed by atoms with van der Waals surface area (Å²) in [4.78, 5) is 21.1. The van der Waals surface area contributed by atoms with Gasteiger partial charge in [0.1, 0.15) is 0 Å². The fourth-order valence-electron chi connectivity index (χ4n) is 0.732. The van der Waals surface area contributed by atoms with E-state index in [0.717, 1.165) is 0 Å². The van der Waals surface area contributed by atoms with Crippen LogP contribution in [0.5, 0.6) is 0 Å². The third kappa shape index (κ3) is 5.82. The Morgan fingerprint density at radius 1 is 0.875 bits per heavy atom. The number of aliphatic hydroxyl groups is 2. The quantitative estimate of drug-likeness (QED) is 0.810. The van der Waals surface area contributed by atoms with Crippen molar-refractivity contribution in [1.82, 2.24) is 0 Å². The van der Waals surface area contributed by atoms with Crippen LogP contribution in [-0.4, -0.2) is 33.9 Å². The van der Waals surface area contributed by atoms with E-state index in [4.69, 9.17) is 33.4 Å². The minimum Gasteiger partial charge on any atom is -0.394 e.